The molecule has 0 fully saturated rings. The van der Waals surface area contributed by atoms with E-state index in [1.807, 2.05) is 38.1 Å². The maximum Gasteiger partial charge on any atom is 0.161 e. The lowest BCUT2D eigenvalue weighted by Crippen LogP contribution is -2.37. The fourth-order valence-corrected chi connectivity index (χ4v) is 1.29. The predicted octanol–water partition coefficient (Wildman–Crippen LogP) is 3.26. The first-order valence-corrected chi connectivity index (χ1v) is 6.54. The molecule has 0 aliphatic rings. The van der Waals surface area contributed by atoms with Crippen LogP contribution in [0.2, 0.25) is 0 Å². The molecule has 0 aromatic heterocycles. The second-order valence-corrected chi connectivity index (χ2v) is 5.10. The highest BCUT2D eigenvalue weighted by Crippen LogP contribution is 2.28. The van der Waals surface area contributed by atoms with Gasteiger partial charge in [-0.05, 0) is 31.4 Å². The Morgan fingerprint density at radius 2 is 1.72 bits per heavy atom. The maximum absolute atomic E-state index is 10.2. The van der Waals surface area contributed by atoms with Crippen molar-refractivity contribution >= 4 is 0 Å². The molecule has 0 bridgehead atoms. The topological polar surface area (TPSA) is 38.7 Å². The van der Waals surface area contributed by atoms with Gasteiger partial charge in [0.2, 0.25) is 0 Å². The molecule has 3 heteroatoms. The summed E-state index contributed by atoms with van der Waals surface area (Å²) in [7, 11) is 0. The number of para-hydroxylation sites is 2. The van der Waals surface area contributed by atoms with E-state index in [1.165, 1.54) is 0 Å². The third kappa shape index (κ3) is 4.22. The zero-order chi connectivity index (χ0) is 13.6. The molecule has 102 valence electrons. The smallest absolute Gasteiger partial charge is 0.161 e. The summed E-state index contributed by atoms with van der Waals surface area (Å²) >= 11 is 0. The fourth-order valence-electron chi connectivity index (χ4n) is 1.29. The Hall–Kier alpha value is -1.22. The number of aliphatic hydroxyl groups is 1. The zero-order valence-electron chi connectivity index (χ0n) is 11.8. The largest absolute Gasteiger partial charge is 0.490 e. The van der Waals surface area contributed by atoms with Gasteiger partial charge in [-0.3, -0.25) is 0 Å². The Labute approximate surface area is 110 Å². The monoisotopic (exact) mass is 252 g/mol. The average molecular weight is 252 g/mol. The zero-order valence-corrected chi connectivity index (χ0v) is 11.8. The predicted molar refractivity (Wildman–Crippen MR) is 73.2 cm³/mol. The molecule has 0 radical (unpaired) electrons. The van der Waals surface area contributed by atoms with Crippen molar-refractivity contribution in [3.8, 4) is 11.5 Å². The summed E-state index contributed by atoms with van der Waals surface area (Å²) in [5.41, 5.74) is -0.835. The molecule has 0 saturated carbocycles. The molecule has 3 nitrogen and oxygen atoms in total. The van der Waals surface area contributed by atoms with Crippen LogP contribution < -0.4 is 9.47 Å². The van der Waals surface area contributed by atoms with E-state index in [0.29, 0.717) is 12.4 Å². The van der Waals surface area contributed by atoms with Gasteiger partial charge in [0.25, 0.3) is 0 Å². The molecule has 18 heavy (non-hydrogen) atoms. The van der Waals surface area contributed by atoms with Crippen LogP contribution in [0.25, 0.3) is 0 Å². The molecule has 0 heterocycles. The van der Waals surface area contributed by atoms with Crippen molar-refractivity contribution in [1.29, 1.82) is 0 Å². The quantitative estimate of drug-likeness (QED) is 0.809. The van der Waals surface area contributed by atoms with Crippen molar-refractivity contribution < 1.29 is 14.6 Å². The van der Waals surface area contributed by atoms with E-state index in [-0.39, 0.29) is 12.5 Å². The van der Waals surface area contributed by atoms with Crippen molar-refractivity contribution in [3.05, 3.63) is 24.3 Å². The van der Waals surface area contributed by atoms with E-state index in [1.54, 1.807) is 6.92 Å². The Morgan fingerprint density at radius 1 is 1.17 bits per heavy atom. The van der Waals surface area contributed by atoms with Gasteiger partial charge < -0.3 is 14.6 Å². The first kappa shape index (κ1) is 14.8. The first-order valence-electron chi connectivity index (χ1n) is 6.54. The van der Waals surface area contributed by atoms with Crippen LogP contribution >= 0.6 is 0 Å². The molecular formula is C15H24O3. The number of benzene rings is 1. The molecule has 1 aromatic rings. The lowest BCUT2D eigenvalue weighted by molar-refractivity contribution is -0.0272. The van der Waals surface area contributed by atoms with Gasteiger partial charge in [0.1, 0.15) is 6.61 Å². The van der Waals surface area contributed by atoms with E-state index < -0.39 is 5.60 Å². The molecule has 0 aliphatic heterocycles. The number of ether oxygens (including phenoxy) is 2. The van der Waals surface area contributed by atoms with Crippen LogP contribution in [-0.2, 0) is 0 Å². The third-order valence-electron chi connectivity index (χ3n) is 3.07. The standard InChI is InChI=1S/C15H24O3/c1-5-10-17-13-8-6-7-9-14(13)18-11-15(4,16)12(2)3/h6-9,12,16H,5,10-11H2,1-4H3. The minimum absolute atomic E-state index is 0.140. The van der Waals surface area contributed by atoms with E-state index >= 15 is 0 Å². The van der Waals surface area contributed by atoms with E-state index in [4.69, 9.17) is 9.47 Å². The minimum atomic E-state index is -0.835. The Bertz CT molecular complexity index is 359. The lowest BCUT2D eigenvalue weighted by atomic mass is 9.94. The second kappa shape index (κ2) is 6.64. The van der Waals surface area contributed by atoms with E-state index in [2.05, 4.69) is 6.92 Å². The summed E-state index contributed by atoms with van der Waals surface area (Å²) in [5, 5.41) is 10.2. The number of hydrogen-bond acceptors (Lipinski definition) is 3. The summed E-state index contributed by atoms with van der Waals surface area (Å²) in [6, 6.07) is 7.56. The SMILES string of the molecule is CCCOc1ccccc1OCC(C)(O)C(C)C. The van der Waals surface area contributed by atoms with Crippen LogP contribution in [0, 0.1) is 5.92 Å². The van der Waals surface area contributed by atoms with Crippen LogP contribution in [0.3, 0.4) is 0 Å². The van der Waals surface area contributed by atoms with Crippen LogP contribution in [0.4, 0.5) is 0 Å². The van der Waals surface area contributed by atoms with Gasteiger partial charge >= 0.3 is 0 Å². The highest BCUT2D eigenvalue weighted by molar-refractivity contribution is 5.39. The second-order valence-electron chi connectivity index (χ2n) is 5.10. The van der Waals surface area contributed by atoms with Crippen LogP contribution in [-0.4, -0.2) is 23.9 Å². The summed E-state index contributed by atoms with van der Waals surface area (Å²) in [6.07, 6.45) is 0.956. The summed E-state index contributed by atoms with van der Waals surface area (Å²) in [6.45, 7) is 8.73. The van der Waals surface area contributed by atoms with Gasteiger partial charge in [0.05, 0.1) is 12.2 Å². The molecule has 0 aliphatic carbocycles. The third-order valence-corrected chi connectivity index (χ3v) is 3.07. The Balaban J connectivity index is 2.66. The number of rotatable bonds is 7. The van der Waals surface area contributed by atoms with Crippen molar-refractivity contribution in [2.45, 2.75) is 39.7 Å². The number of hydrogen-bond donors (Lipinski definition) is 1. The van der Waals surface area contributed by atoms with E-state index in [9.17, 15) is 5.11 Å². The first-order chi connectivity index (χ1) is 8.47. The van der Waals surface area contributed by atoms with Crippen LogP contribution in [0.15, 0.2) is 24.3 Å². The lowest BCUT2D eigenvalue weighted by Gasteiger charge is -2.27. The van der Waals surface area contributed by atoms with Gasteiger partial charge in [0.15, 0.2) is 11.5 Å². The van der Waals surface area contributed by atoms with Gasteiger partial charge in [-0.2, -0.15) is 0 Å². The Kier molecular flexibility index (Phi) is 5.48. The van der Waals surface area contributed by atoms with Gasteiger partial charge in [0, 0.05) is 0 Å². The van der Waals surface area contributed by atoms with Crippen molar-refractivity contribution in [3.63, 3.8) is 0 Å². The van der Waals surface area contributed by atoms with Gasteiger partial charge in [-0.1, -0.05) is 32.9 Å². The van der Waals surface area contributed by atoms with Crippen molar-refractivity contribution in [2.75, 3.05) is 13.2 Å². The van der Waals surface area contributed by atoms with Crippen LogP contribution in [0.1, 0.15) is 34.1 Å². The van der Waals surface area contributed by atoms with Gasteiger partial charge in [-0.25, -0.2) is 0 Å². The molecule has 0 spiro atoms. The summed E-state index contributed by atoms with van der Waals surface area (Å²) in [5.74, 6) is 1.56. The molecular weight excluding hydrogens is 228 g/mol. The summed E-state index contributed by atoms with van der Waals surface area (Å²) < 4.78 is 11.3. The maximum atomic E-state index is 10.2. The molecule has 0 saturated heterocycles. The fraction of sp³-hybridized carbons (Fsp3) is 0.600. The average Bonchev–Trinajstić information content (AvgIpc) is 2.34. The van der Waals surface area contributed by atoms with Crippen molar-refractivity contribution in [2.24, 2.45) is 5.92 Å². The summed E-state index contributed by atoms with van der Waals surface area (Å²) in [4.78, 5) is 0. The minimum Gasteiger partial charge on any atom is -0.490 e. The van der Waals surface area contributed by atoms with E-state index in [0.717, 1.165) is 12.2 Å². The molecule has 1 aromatic carbocycles. The molecule has 0 amide bonds. The molecule has 1 rings (SSSR count). The highest BCUT2D eigenvalue weighted by Gasteiger charge is 2.26. The molecule has 1 unspecified atom stereocenters. The van der Waals surface area contributed by atoms with Crippen LogP contribution in [0.5, 0.6) is 11.5 Å². The Morgan fingerprint density at radius 3 is 2.22 bits per heavy atom. The normalized spacial score (nSPS) is 14.3. The van der Waals surface area contributed by atoms with Crippen molar-refractivity contribution in [1.82, 2.24) is 0 Å². The highest BCUT2D eigenvalue weighted by atomic mass is 16.5. The molecule has 1 N–H and O–H groups in total. The van der Waals surface area contributed by atoms with Gasteiger partial charge in [-0.15, -0.1) is 0 Å². The molecule has 1 atom stereocenters.